The Balaban J connectivity index is 0.000000234. The van der Waals surface area contributed by atoms with E-state index in [9.17, 15) is 19.8 Å². The quantitative estimate of drug-likeness (QED) is 0.433. The number of carboxylic acid groups (broad SMARTS) is 2. The van der Waals surface area contributed by atoms with Crippen LogP contribution in [0.25, 0.3) is 0 Å². The van der Waals surface area contributed by atoms with E-state index in [-0.39, 0.29) is 33.1 Å². The Kier molecular flexibility index (Phi) is 7.45. The van der Waals surface area contributed by atoms with Crippen LogP contribution in [0.4, 0.5) is 0 Å². The van der Waals surface area contributed by atoms with Gasteiger partial charge in [0.15, 0.2) is 0 Å². The standard InChI is InChI=1S/C8H10O5.C6H14N2.Pt/c9-7(10)5-3-1-2-4(13-3)6(5)8(11)12;7-5-3-1-2-4-6(5)8;/h3-6H,1-2H2,(H,9,10)(H,11,12);5-6H,1-4,7-8H2;/q;;+2/p-2/t;5-,6-;/m.1./s1. The molecule has 6 atom stereocenters. The van der Waals surface area contributed by atoms with E-state index < -0.39 is 36.0 Å². The van der Waals surface area contributed by atoms with Gasteiger partial charge >= 0.3 is 21.1 Å². The van der Waals surface area contributed by atoms with Crippen LogP contribution in [-0.2, 0) is 35.4 Å². The van der Waals surface area contributed by atoms with Crippen LogP contribution >= 0.6 is 0 Å². The fraction of sp³-hybridized carbons (Fsp3) is 0.857. The maximum absolute atomic E-state index is 10.6. The van der Waals surface area contributed by atoms with E-state index in [2.05, 4.69) is 0 Å². The average molecular weight is 493 g/mol. The summed E-state index contributed by atoms with van der Waals surface area (Å²) in [5, 5.41) is 21.2. The van der Waals surface area contributed by atoms with E-state index in [1.807, 2.05) is 0 Å². The smallest absolute Gasteiger partial charge is 0.550 e. The van der Waals surface area contributed by atoms with Gasteiger partial charge in [-0.25, -0.2) is 0 Å². The molecule has 0 amide bonds. The molecule has 2 bridgehead atoms. The predicted molar refractivity (Wildman–Crippen MR) is 69.3 cm³/mol. The molecule has 0 aromatic carbocycles. The van der Waals surface area contributed by atoms with Crippen LogP contribution in [0.2, 0.25) is 0 Å². The van der Waals surface area contributed by atoms with E-state index in [0.29, 0.717) is 12.8 Å². The number of rotatable bonds is 2. The SMILES string of the molecule is N[C@@H]1CCCC[C@H]1N.O=C([O-])C1C2CCC(O2)C1C(=O)[O-].[Pt+2]. The van der Waals surface area contributed by atoms with Crippen LogP contribution in [0.5, 0.6) is 0 Å². The van der Waals surface area contributed by atoms with Gasteiger partial charge < -0.3 is 36.0 Å². The molecule has 22 heavy (non-hydrogen) atoms. The number of hydrogen-bond acceptors (Lipinski definition) is 7. The van der Waals surface area contributed by atoms with E-state index in [4.69, 9.17) is 16.2 Å². The Bertz CT molecular complexity index is 373. The Labute approximate surface area is 144 Å². The number of carboxylic acids is 2. The van der Waals surface area contributed by atoms with Crippen molar-refractivity contribution in [3.05, 3.63) is 0 Å². The van der Waals surface area contributed by atoms with Crippen LogP contribution in [0.3, 0.4) is 0 Å². The summed E-state index contributed by atoms with van der Waals surface area (Å²) in [7, 11) is 0. The van der Waals surface area contributed by atoms with Gasteiger partial charge in [0.2, 0.25) is 0 Å². The summed E-state index contributed by atoms with van der Waals surface area (Å²) in [6.45, 7) is 0. The molecule has 4 unspecified atom stereocenters. The monoisotopic (exact) mass is 493 g/mol. The van der Waals surface area contributed by atoms with Crippen molar-refractivity contribution >= 4 is 11.9 Å². The van der Waals surface area contributed by atoms with Crippen molar-refractivity contribution in [2.24, 2.45) is 23.3 Å². The zero-order valence-electron chi connectivity index (χ0n) is 12.2. The van der Waals surface area contributed by atoms with E-state index in [0.717, 1.165) is 12.8 Å². The van der Waals surface area contributed by atoms with Crippen molar-refractivity contribution in [1.29, 1.82) is 0 Å². The third-order valence-corrected chi connectivity index (χ3v) is 4.69. The normalized spacial score (nSPS) is 39.4. The molecule has 3 rings (SSSR count). The molecule has 128 valence electrons. The first-order chi connectivity index (χ1) is 9.91. The summed E-state index contributed by atoms with van der Waals surface area (Å²) < 4.78 is 5.18. The summed E-state index contributed by atoms with van der Waals surface area (Å²) in [5.41, 5.74) is 11.3. The van der Waals surface area contributed by atoms with Crippen molar-refractivity contribution in [2.75, 3.05) is 0 Å². The van der Waals surface area contributed by atoms with Crippen molar-refractivity contribution in [3.8, 4) is 0 Å². The molecule has 1 saturated carbocycles. The Morgan fingerprint density at radius 2 is 1.18 bits per heavy atom. The van der Waals surface area contributed by atoms with Crippen LogP contribution in [-0.4, -0.2) is 36.2 Å². The predicted octanol–water partition coefficient (Wildman–Crippen LogP) is -2.51. The van der Waals surface area contributed by atoms with Crippen LogP contribution in [0.1, 0.15) is 38.5 Å². The molecule has 3 aliphatic rings. The van der Waals surface area contributed by atoms with Crippen LogP contribution in [0.15, 0.2) is 0 Å². The molecule has 1 aliphatic carbocycles. The minimum Gasteiger partial charge on any atom is -0.550 e. The van der Waals surface area contributed by atoms with Gasteiger partial charge in [-0.15, -0.1) is 0 Å². The number of ether oxygens (including phenoxy) is 1. The van der Waals surface area contributed by atoms with Crippen LogP contribution in [0, 0.1) is 11.8 Å². The topological polar surface area (TPSA) is 142 Å². The zero-order valence-corrected chi connectivity index (χ0v) is 14.5. The van der Waals surface area contributed by atoms with Gasteiger partial charge in [0.05, 0.1) is 12.2 Å². The van der Waals surface area contributed by atoms with Gasteiger partial charge in [0.1, 0.15) is 0 Å². The molecule has 0 aromatic heterocycles. The number of carbonyl (C=O) groups is 2. The third kappa shape index (κ3) is 4.28. The van der Waals surface area contributed by atoms with E-state index >= 15 is 0 Å². The maximum atomic E-state index is 10.6. The number of carbonyl (C=O) groups excluding carboxylic acids is 2. The van der Waals surface area contributed by atoms with E-state index in [1.54, 1.807) is 0 Å². The fourth-order valence-corrected chi connectivity index (χ4v) is 3.47. The summed E-state index contributed by atoms with van der Waals surface area (Å²) in [4.78, 5) is 21.2. The minimum atomic E-state index is -1.35. The van der Waals surface area contributed by atoms with Crippen molar-refractivity contribution in [1.82, 2.24) is 0 Å². The van der Waals surface area contributed by atoms with E-state index in [1.165, 1.54) is 12.8 Å². The molecule has 2 saturated heterocycles. The number of fused-ring (bicyclic) bond motifs is 2. The first-order valence-corrected chi connectivity index (χ1v) is 7.50. The second-order valence-electron chi connectivity index (χ2n) is 6.09. The molecule has 0 radical (unpaired) electrons. The van der Waals surface area contributed by atoms with Crippen molar-refractivity contribution in [3.63, 3.8) is 0 Å². The first-order valence-electron chi connectivity index (χ1n) is 7.50. The first kappa shape index (κ1) is 19.6. The second-order valence-corrected chi connectivity index (χ2v) is 6.09. The molecule has 0 aromatic rings. The van der Waals surface area contributed by atoms with Crippen LogP contribution < -0.4 is 21.7 Å². The van der Waals surface area contributed by atoms with Gasteiger partial charge in [-0.1, -0.05) is 12.8 Å². The number of nitrogens with two attached hydrogens (primary N) is 2. The number of aliphatic carboxylic acids is 2. The summed E-state index contributed by atoms with van der Waals surface area (Å²) in [6.07, 6.45) is 5.03. The molecule has 2 heterocycles. The van der Waals surface area contributed by atoms with Crippen molar-refractivity contribution in [2.45, 2.75) is 62.8 Å². The third-order valence-electron chi connectivity index (χ3n) is 4.69. The Morgan fingerprint density at radius 1 is 0.818 bits per heavy atom. The molecule has 8 heteroatoms. The summed E-state index contributed by atoms with van der Waals surface area (Å²) in [6, 6.07) is 0.562. The van der Waals surface area contributed by atoms with Crippen molar-refractivity contribution < 1.29 is 45.6 Å². The van der Waals surface area contributed by atoms with Gasteiger partial charge in [0.25, 0.3) is 0 Å². The molecule has 7 nitrogen and oxygen atoms in total. The second kappa shape index (κ2) is 8.39. The maximum Gasteiger partial charge on any atom is 2.00 e. The molecular formula is C14H22N2O5Pt. The molecule has 3 fully saturated rings. The largest absolute Gasteiger partial charge is 2.00 e. The molecule has 4 N–H and O–H groups in total. The summed E-state index contributed by atoms with van der Waals surface area (Å²) >= 11 is 0. The van der Waals surface area contributed by atoms with Gasteiger partial charge in [0, 0.05) is 35.9 Å². The molecular weight excluding hydrogens is 471 g/mol. The minimum absolute atomic E-state index is 0. The Hall–Kier alpha value is -0.492. The fourth-order valence-electron chi connectivity index (χ4n) is 3.47. The van der Waals surface area contributed by atoms with Gasteiger partial charge in [-0.2, -0.15) is 0 Å². The molecule has 0 spiro atoms. The summed E-state index contributed by atoms with van der Waals surface area (Å²) in [5.74, 6) is -4.74. The molecule has 2 aliphatic heterocycles. The zero-order chi connectivity index (χ0) is 15.6. The number of hydrogen-bond donors (Lipinski definition) is 2. The average Bonchev–Trinajstić information content (AvgIpc) is 3.03. The Morgan fingerprint density at radius 3 is 1.45 bits per heavy atom. The van der Waals surface area contributed by atoms with Gasteiger partial charge in [-0.3, -0.25) is 0 Å². The van der Waals surface area contributed by atoms with Gasteiger partial charge in [-0.05, 0) is 25.7 Å².